The first kappa shape index (κ1) is 46.0. The van der Waals surface area contributed by atoms with Crippen molar-refractivity contribution in [1.29, 1.82) is 0 Å². The molecule has 0 radical (unpaired) electrons. The molecular weight excluding hydrogens is 796 g/mol. The summed E-state index contributed by atoms with van der Waals surface area (Å²) < 4.78 is 43.4. The number of rotatable bonds is 9. The molecule has 15 unspecified atom stereocenters. The molecule has 16 nitrogen and oxygen atoms in total. The molecule has 0 amide bonds. The molecule has 348 valence electrons. The normalized spacial score (nSPS) is 53.8. The Balaban J connectivity index is 1.14. The van der Waals surface area contributed by atoms with E-state index in [4.69, 9.17) is 33.2 Å². The van der Waals surface area contributed by atoms with Gasteiger partial charge in [-0.05, 0) is 117 Å². The van der Waals surface area contributed by atoms with Crippen molar-refractivity contribution in [3.8, 4) is 0 Å². The molecule has 3 aliphatic heterocycles. The van der Waals surface area contributed by atoms with Gasteiger partial charge in [0, 0.05) is 19.8 Å². The van der Waals surface area contributed by atoms with Crippen molar-refractivity contribution in [2.45, 2.75) is 211 Å². The van der Waals surface area contributed by atoms with E-state index in [1.54, 1.807) is 13.8 Å². The summed E-state index contributed by atoms with van der Waals surface area (Å²) >= 11 is 0. The fraction of sp³-hybridized carbons (Fsp3) is 0.956. The van der Waals surface area contributed by atoms with Gasteiger partial charge >= 0.3 is 11.9 Å². The van der Waals surface area contributed by atoms with E-state index in [0.717, 1.165) is 32.1 Å². The van der Waals surface area contributed by atoms with Gasteiger partial charge in [-0.1, -0.05) is 27.7 Å². The number of aliphatic hydroxyl groups excluding tert-OH is 6. The first-order chi connectivity index (χ1) is 28.3. The molecule has 3 saturated heterocycles. The van der Waals surface area contributed by atoms with Gasteiger partial charge in [-0.3, -0.25) is 9.59 Å². The third-order valence-corrected chi connectivity index (χ3v) is 18.2. The van der Waals surface area contributed by atoms with Gasteiger partial charge in [-0.2, -0.15) is 0 Å². The van der Waals surface area contributed by atoms with Gasteiger partial charge in [-0.25, -0.2) is 0 Å². The first-order valence-corrected chi connectivity index (χ1v) is 22.6. The second-order valence-electron chi connectivity index (χ2n) is 22.2. The zero-order chi connectivity index (χ0) is 44.6. The Bertz CT molecular complexity index is 1680. The van der Waals surface area contributed by atoms with Crippen LogP contribution in [0.15, 0.2) is 0 Å². The Hall–Kier alpha value is -1.54. The lowest BCUT2D eigenvalue weighted by Gasteiger charge is -2.65. The highest BCUT2D eigenvalue weighted by atomic mass is 16.7. The van der Waals surface area contributed by atoms with Gasteiger partial charge in [-0.15, -0.1) is 0 Å². The molecule has 2 spiro atoms. The van der Waals surface area contributed by atoms with Crippen molar-refractivity contribution in [1.82, 2.24) is 0 Å². The quantitative estimate of drug-likeness (QED) is 0.129. The molecule has 16 heteroatoms. The Morgan fingerprint density at radius 1 is 0.754 bits per heavy atom. The van der Waals surface area contributed by atoms with E-state index in [-0.39, 0.29) is 52.1 Å². The fourth-order valence-electron chi connectivity index (χ4n) is 15.5. The van der Waals surface area contributed by atoms with Crippen LogP contribution < -0.4 is 0 Å². The number of fused-ring (bicyclic) bond motifs is 2. The number of hydrogen-bond donors (Lipinski definition) is 7. The van der Waals surface area contributed by atoms with Gasteiger partial charge in [0.05, 0.1) is 48.8 Å². The minimum absolute atomic E-state index is 0.0660. The van der Waals surface area contributed by atoms with E-state index in [0.29, 0.717) is 25.7 Å². The highest BCUT2D eigenvalue weighted by molar-refractivity contribution is 5.67. The number of esters is 2. The Labute approximate surface area is 358 Å². The molecule has 8 fully saturated rings. The molecule has 0 aromatic heterocycles. The van der Waals surface area contributed by atoms with Crippen molar-refractivity contribution in [3.05, 3.63) is 0 Å². The van der Waals surface area contributed by atoms with Crippen molar-refractivity contribution < 1.29 is 78.5 Å². The summed E-state index contributed by atoms with van der Waals surface area (Å²) in [6.45, 7) is 16.2. The molecule has 8 aliphatic rings. The highest BCUT2D eigenvalue weighted by Gasteiger charge is 2.85. The summed E-state index contributed by atoms with van der Waals surface area (Å²) in [5.41, 5.74) is -3.44. The van der Waals surface area contributed by atoms with Crippen LogP contribution >= 0.6 is 0 Å². The zero-order valence-electron chi connectivity index (χ0n) is 37.3. The van der Waals surface area contributed by atoms with Crippen LogP contribution in [0.4, 0.5) is 0 Å². The molecule has 0 aromatic carbocycles. The maximum atomic E-state index is 12.3. The minimum Gasteiger partial charge on any atom is -0.457 e. The van der Waals surface area contributed by atoms with Crippen LogP contribution in [0.1, 0.15) is 120 Å². The zero-order valence-corrected chi connectivity index (χ0v) is 37.3. The van der Waals surface area contributed by atoms with Gasteiger partial charge < -0.3 is 68.9 Å². The summed E-state index contributed by atoms with van der Waals surface area (Å²) in [5.74, 6) is -1.62. The topological polar surface area (TPSA) is 240 Å². The summed E-state index contributed by atoms with van der Waals surface area (Å²) in [5, 5.41) is 77.6. The van der Waals surface area contributed by atoms with Gasteiger partial charge in [0.2, 0.25) is 0 Å². The van der Waals surface area contributed by atoms with Crippen LogP contribution in [-0.4, -0.2) is 152 Å². The first-order valence-electron chi connectivity index (χ1n) is 22.6. The number of carbonyl (C=O) groups is 2. The number of ether oxygens (including phenoxy) is 7. The van der Waals surface area contributed by atoms with Crippen LogP contribution in [0, 0.1) is 44.8 Å². The average molecular weight is 869 g/mol. The number of hydrogen-bond acceptors (Lipinski definition) is 16. The van der Waals surface area contributed by atoms with Crippen LogP contribution in [-0.2, 0) is 42.7 Å². The summed E-state index contributed by atoms with van der Waals surface area (Å²) in [6, 6.07) is 0. The van der Waals surface area contributed by atoms with E-state index in [9.17, 15) is 45.3 Å². The molecule has 3 heterocycles. The van der Waals surface area contributed by atoms with Crippen molar-refractivity contribution >= 4 is 11.9 Å². The maximum absolute atomic E-state index is 12.3. The SMILES string of the molecule is CC(=O)OC1COC(O[C@H]2CCC34CC35CC[C@]3(C)C([C@@]6(C)CCC(C(C)(C)O)O6)[C@@H](O)C[C@@]3(C)C5C[C@H](OC3OC(CO)C(O)C(O)C3O)C4C2(C)C)C(OC(C)=O)C1O. The molecule has 8 rings (SSSR count). The van der Waals surface area contributed by atoms with Gasteiger partial charge in [0.15, 0.2) is 24.8 Å². The fourth-order valence-corrected chi connectivity index (χ4v) is 15.5. The smallest absolute Gasteiger partial charge is 0.303 e. The summed E-state index contributed by atoms with van der Waals surface area (Å²) in [4.78, 5) is 24.1. The standard InChI is InChI=1S/C45H72O16/c1-21(47)56-26-19-55-38(34(31(26)51)57-22(2)48)60-28-11-13-45-20-44(45)15-14-41(7)35(43(9)12-10-29(61-43)40(5,6)54)23(49)17-42(41,8)27(44)16-24(36(45)39(28,3)4)58-37-33(53)32(52)30(50)25(18-46)59-37/h23-38,46,49-54H,10-20H2,1-9H3/t23-,24-,25?,26?,27?,28-,29?,30?,31?,32?,33?,34?,35?,36?,37?,38?,41+,42-,43+,44?,45?/m0/s1. The molecule has 0 bridgehead atoms. The van der Waals surface area contributed by atoms with E-state index < -0.39 is 109 Å². The third-order valence-electron chi connectivity index (χ3n) is 18.2. The predicted molar refractivity (Wildman–Crippen MR) is 213 cm³/mol. The predicted octanol–water partition coefficient (Wildman–Crippen LogP) is 1.87. The molecule has 21 atom stereocenters. The van der Waals surface area contributed by atoms with E-state index in [1.807, 2.05) is 0 Å². The van der Waals surface area contributed by atoms with Crippen LogP contribution in [0.2, 0.25) is 0 Å². The minimum atomic E-state index is -1.63. The lowest BCUT2D eigenvalue weighted by Crippen LogP contribution is -2.65. The van der Waals surface area contributed by atoms with Crippen LogP contribution in [0.25, 0.3) is 0 Å². The second kappa shape index (κ2) is 15.3. The Morgan fingerprint density at radius 3 is 2.07 bits per heavy atom. The van der Waals surface area contributed by atoms with Crippen LogP contribution in [0.3, 0.4) is 0 Å². The largest absolute Gasteiger partial charge is 0.457 e. The van der Waals surface area contributed by atoms with E-state index in [2.05, 4.69) is 34.6 Å². The third kappa shape index (κ3) is 6.89. The van der Waals surface area contributed by atoms with E-state index in [1.165, 1.54) is 13.8 Å². The van der Waals surface area contributed by atoms with Crippen LogP contribution in [0.5, 0.6) is 0 Å². The average Bonchev–Trinajstić information content (AvgIpc) is 3.52. The summed E-state index contributed by atoms with van der Waals surface area (Å²) in [7, 11) is 0. The highest BCUT2D eigenvalue weighted by Crippen LogP contribution is 2.89. The molecule has 5 saturated carbocycles. The van der Waals surface area contributed by atoms with Crippen molar-refractivity contribution in [2.75, 3.05) is 13.2 Å². The molecule has 0 aromatic rings. The maximum Gasteiger partial charge on any atom is 0.303 e. The monoisotopic (exact) mass is 868 g/mol. The van der Waals surface area contributed by atoms with Gasteiger partial charge in [0.1, 0.15) is 30.5 Å². The lowest BCUT2D eigenvalue weighted by atomic mass is 9.41. The van der Waals surface area contributed by atoms with Crippen molar-refractivity contribution in [2.24, 2.45) is 44.8 Å². The Morgan fingerprint density at radius 2 is 1.44 bits per heavy atom. The molecule has 5 aliphatic carbocycles. The molecular formula is C45H72O16. The van der Waals surface area contributed by atoms with Gasteiger partial charge in [0.25, 0.3) is 0 Å². The van der Waals surface area contributed by atoms with Crippen molar-refractivity contribution in [3.63, 3.8) is 0 Å². The summed E-state index contributed by atoms with van der Waals surface area (Å²) in [6.07, 6.45) is -7.81. The molecule has 7 N–H and O–H groups in total. The number of aliphatic hydroxyl groups is 7. The second-order valence-corrected chi connectivity index (χ2v) is 22.2. The van der Waals surface area contributed by atoms with E-state index >= 15 is 0 Å². The lowest BCUT2D eigenvalue weighted by molar-refractivity contribution is -0.339. The molecule has 61 heavy (non-hydrogen) atoms. The number of carbonyl (C=O) groups excluding carboxylic acids is 2. The Kier molecular flexibility index (Phi) is 11.5.